The van der Waals surface area contributed by atoms with Crippen molar-refractivity contribution in [1.82, 2.24) is 4.90 Å². The monoisotopic (exact) mass is 555 g/mol. The number of benzene rings is 3. The highest BCUT2D eigenvalue weighted by Crippen LogP contribution is 2.53. The highest BCUT2D eigenvalue weighted by molar-refractivity contribution is 6.31. The van der Waals surface area contributed by atoms with Crippen molar-refractivity contribution in [3.63, 3.8) is 0 Å². The van der Waals surface area contributed by atoms with Crippen LogP contribution in [0, 0.1) is 17.7 Å². The molecule has 6 rings (SSSR count). The average Bonchev–Trinajstić information content (AvgIpc) is 3.38. The molecular weight excluding hydrogens is 538 g/mol. The van der Waals surface area contributed by atoms with Crippen LogP contribution in [0.5, 0.6) is 0 Å². The normalized spacial score (nSPS) is 23.5. The van der Waals surface area contributed by atoms with Crippen LogP contribution in [0.1, 0.15) is 22.7 Å². The summed E-state index contributed by atoms with van der Waals surface area (Å²) >= 11 is 5.91. The first kappa shape index (κ1) is 25.1. The molecule has 2 fully saturated rings. The molecule has 1 N–H and O–H groups in total. The maximum absolute atomic E-state index is 13.8. The van der Waals surface area contributed by atoms with Gasteiger partial charge in [0.25, 0.3) is 0 Å². The van der Waals surface area contributed by atoms with Crippen molar-refractivity contribution in [2.75, 3.05) is 10.2 Å². The SMILES string of the molecule is O=C(Nc1cccc(C(F)(F)F)c1)[C@@H]1[C@@H]2C(=O)N(c3ccc(F)c(Cl)c3)C(=O)[C@H]2[C@H]2c3ccccc3C=CN12. The van der Waals surface area contributed by atoms with Crippen LogP contribution in [0.4, 0.5) is 28.9 Å². The van der Waals surface area contributed by atoms with Crippen molar-refractivity contribution < 1.29 is 31.9 Å². The van der Waals surface area contributed by atoms with Gasteiger partial charge in [-0.2, -0.15) is 13.2 Å². The zero-order valence-corrected chi connectivity index (χ0v) is 20.6. The van der Waals surface area contributed by atoms with Crippen LogP contribution in [0.2, 0.25) is 5.02 Å². The van der Waals surface area contributed by atoms with Crippen LogP contribution >= 0.6 is 11.6 Å². The van der Waals surface area contributed by atoms with E-state index in [1.807, 2.05) is 12.1 Å². The molecule has 0 unspecified atom stereocenters. The quantitative estimate of drug-likeness (QED) is 0.335. The molecule has 2 saturated heterocycles. The number of hydrogen-bond acceptors (Lipinski definition) is 4. The Hall–Kier alpha value is -4.18. The number of carbonyl (C=O) groups excluding carboxylic acids is 3. The molecule has 3 aromatic carbocycles. The number of carbonyl (C=O) groups is 3. The van der Waals surface area contributed by atoms with Crippen molar-refractivity contribution in [1.29, 1.82) is 0 Å². The van der Waals surface area contributed by atoms with Gasteiger partial charge in [-0.05, 0) is 53.6 Å². The van der Waals surface area contributed by atoms with Crippen LogP contribution in [-0.4, -0.2) is 28.7 Å². The number of imide groups is 1. The number of nitrogens with zero attached hydrogens (tertiary/aromatic N) is 2. The van der Waals surface area contributed by atoms with Gasteiger partial charge in [0.05, 0.1) is 34.2 Å². The summed E-state index contributed by atoms with van der Waals surface area (Å²) in [5.74, 6) is -4.87. The van der Waals surface area contributed by atoms with E-state index < -0.39 is 59.2 Å². The molecule has 3 amide bonds. The zero-order valence-electron chi connectivity index (χ0n) is 19.8. The molecule has 0 bridgehead atoms. The van der Waals surface area contributed by atoms with Gasteiger partial charge in [0.15, 0.2) is 0 Å². The van der Waals surface area contributed by atoms with E-state index in [2.05, 4.69) is 5.32 Å². The summed E-state index contributed by atoms with van der Waals surface area (Å²) in [6.07, 6.45) is -1.24. The minimum absolute atomic E-state index is 0.0639. The molecule has 6 nitrogen and oxygen atoms in total. The van der Waals surface area contributed by atoms with Crippen LogP contribution < -0.4 is 10.2 Å². The molecule has 198 valence electrons. The first-order valence-corrected chi connectivity index (χ1v) is 12.3. The summed E-state index contributed by atoms with van der Waals surface area (Å²) in [4.78, 5) is 43.8. The van der Waals surface area contributed by atoms with Crippen LogP contribution in [0.25, 0.3) is 6.08 Å². The van der Waals surface area contributed by atoms with E-state index in [1.54, 1.807) is 29.3 Å². The predicted octanol–water partition coefficient (Wildman–Crippen LogP) is 5.65. The summed E-state index contributed by atoms with van der Waals surface area (Å²) in [5.41, 5.74) is 0.550. The number of rotatable bonds is 3. The first-order valence-electron chi connectivity index (χ1n) is 11.9. The van der Waals surface area contributed by atoms with Gasteiger partial charge in [-0.1, -0.05) is 41.9 Å². The molecule has 39 heavy (non-hydrogen) atoms. The highest BCUT2D eigenvalue weighted by Gasteiger charge is 2.64. The van der Waals surface area contributed by atoms with Gasteiger partial charge < -0.3 is 10.2 Å². The lowest BCUT2D eigenvalue weighted by atomic mass is 9.84. The smallest absolute Gasteiger partial charge is 0.357 e. The van der Waals surface area contributed by atoms with Crippen molar-refractivity contribution in [2.24, 2.45) is 11.8 Å². The summed E-state index contributed by atoms with van der Waals surface area (Å²) in [6, 6.07) is 13.0. The Labute approximate surface area is 224 Å². The number of hydrogen-bond donors (Lipinski definition) is 1. The Morgan fingerprint density at radius 1 is 0.923 bits per heavy atom. The molecule has 0 aromatic heterocycles. The van der Waals surface area contributed by atoms with Crippen molar-refractivity contribution >= 4 is 46.8 Å². The van der Waals surface area contributed by atoms with E-state index in [0.717, 1.165) is 40.3 Å². The second-order valence-electron chi connectivity index (χ2n) is 9.51. The van der Waals surface area contributed by atoms with Gasteiger partial charge in [-0.15, -0.1) is 0 Å². The molecule has 0 saturated carbocycles. The minimum Gasteiger partial charge on any atom is -0.357 e. The van der Waals surface area contributed by atoms with E-state index in [0.29, 0.717) is 0 Å². The van der Waals surface area contributed by atoms with Crippen molar-refractivity contribution in [3.8, 4) is 0 Å². The molecule has 11 heteroatoms. The van der Waals surface area contributed by atoms with Gasteiger partial charge in [-0.3, -0.25) is 14.4 Å². The van der Waals surface area contributed by atoms with Gasteiger partial charge >= 0.3 is 6.18 Å². The lowest BCUT2D eigenvalue weighted by Crippen LogP contribution is -2.46. The lowest BCUT2D eigenvalue weighted by molar-refractivity contribution is -0.137. The third-order valence-electron chi connectivity index (χ3n) is 7.35. The van der Waals surface area contributed by atoms with Gasteiger partial charge in [-0.25, -0.2) is 9.29 Å². The molecule has 3 aliphatic rings. The fourth-order valence-electron chi connectivity index (χ4n) is 5.73. The van der Waals surface area contributed by atoms with Gasteiger partial charge in [0.2, 0.25) is 17.7 Å². The number of fused-ring (bicyclic) bond motifs is 5. The maximum atomic E-state index is 13.8. The Morgan fingerprint density at radius 2 is 1.67 bits per heavy atom. The summed E-state index contributed by atoms with van der Waals surface area (Å²) in [6.45, 7) is 0. The van der Waals surface area contributed by atoms with Crippen LogP contribution in [-0.2, 0) is 20.6 Å². The van der Waals surface area contributed by atoms with E-state index >= 15 is 0 Å². The number of amides is 3. The number of anilines is 2. The van der Waals surface area contributed by atoms with Gasteiger partial charge in [0.1, 0.15) is 11.9 Å². The summed E-state index contributed by atoms with van der Waals surface area (Å²) < 4.78 is 53.6. The van der Waals surface area contributed by atoms with E-state index in [1.165, 1.54) is 18.2 Å². The Bertz CT molecular complexity index is 1570. The fraction of sp³-hybridized carbons (Fsp3) is 0.179. The zero-order chi connectivity index (χ0) is 27.6. The standard InChI is InChI=1S/C28H18ClF4N3O3/c29-19-13-17(8-9-20(19)30)36-26(38)21-22(27(36)39)24(35-11-10-14-4-1-2-7-18(14)23(21)35)25(37)34-16-6-3-5-15(12-16)28(31,32)33/h1-13,21-24H,(H,34,37)/t21-,22-,23-,24+/m1/s1. The molecular formula is C28H18ClF4N3O3. The molecule has 3 aliphatic heterocycles. The average molecular weight is 556 g/mol. The molecule has 0 aliphatic carbocycles. The Morgan fingerprint density at radius 3 is 2.41 bits per heavy atom. The first-order chi connectivity index (χ1) is 18.6. The van der Waals surface area contributed by atoms with E-state index in [-0.39, 0.29) is 16.4 Å². The molecule has 3 heterocycles. The lowest BCUT2D eigenvalue weighted by Gasteiger charge is -2.35. The third-order valence-corrected chi connectivity index (χ3v) is 7.64. The van der Waals surface area contributed by atoms with Gasteiger partial charge in [0, 0.05) is 11.9 Å². The molecule has 0 spiro atoms. The predicted molar refractivity (Wildman–Crippen MR) is 135 cm³/mol. The number of halogens is 5. The second kappa shape index (κ2) is 8.94. The molecule has 4 atom stereocenters. The molecule has 3 aromatic rings. The Kier molecular flexibility index (Phi) is 5.76. The topological polar surface area (TPSA) is 69.7 Å². The fourth-order valence-corrected chi connectivity index (χ4v) is 5.90. The van der Waals surface area contributed by atoms with Crippen molar-refractivity contribution in [2.45, 2.75) is 18.3 Å². The maximum Gasteiger partial charge on any atom is 0.416 e. The minimum atomic E-state index is -4.62. The summed E-state index contributed by atoms with van der Waals surface area (Å²) in [7, 11) is 0. The van der Waals surface area contributed by atoms with Crippen molar-refractivity contribution in [3.05, 3.63) is 100 Å². The molecule has 0 radical (unpaired) electrons. The third kappa shape index (κ3) is 3.97. The summed E-state index contributed by atoms with van der Waals surface area (Å²) in [5, 5.41) is 2.22. The van der Waals surface area contributed by atoms with E-state index in [4.69, 9.17) is 11.6 Å². The second-order valence-corrected chi connectivity index (χ2v) is 9.92. The largest absolute Gasteiger partial charge is 0.416 e. The highest BCUT2D eigenvalue weighted by atomic mass is 35.5. The van der Waals surface area contributed by atoms with E-state index in [9.17, 15) is 31.9 Å². The van der Waals surface area contributed by atoms with Crippen LogP contribution in [0.3, 0.4) is 0 Å². The number of nitrogens with one attached hydrogen (secondary N) is 1. The Balaban J connectivity index is 1.42. The number of alkyl halides is 3. The van der Waals surface area contributed by atoms with Crippen LogP contribution in [0.15, 0.2) is 72.9 Å².